The van der Waals surface area contributed by atoms with Crippen molar-refractivity contribution in [3.8, 4) is 6.07 Å². The van der Waals surface area contributed by atoms with Crippen LogP contribution in [-0.2, 0) is 4.74 Å². The minimum Gasteiger partial charge on any atom is -0.381 e. The number of ether oxygens (including phenoxy) is 1. The van der Waals surface area contributed by atoms with E-state index >= 15 is 0 Å². The van der Waals surface area contributed by atoms with Gasteiger partial charge in [0.25, 0.3) is 0 Å². The van der Waals surface area contributed by atoms with E-state index in [2.05, 4.69) is 26.5 Å². The molecule has 0 spiro atoms. The van der Waals surface area contributed by atoms with E-state index in [0.29, 0.717) is 36.3 Å². The first-order chi connectivity index (χ1) is 11.7. The van der Waals surface area contributed by atoms with E-state index < -0.39 is 0 Å². The third-order valence-corrected chi connectivity index (χ3v) is 4.20. The molecule has 1 fully saturated rings. The zero-order chi connectivity index (χ0) is 16.9. The van der Waals surface area contributed by atoms with E-state index in [1.807, 2.05) is 13.8 Å². The van der Waals surface area contributed by atoms with Crippen LogP contribution in [0, 0.1) is 17.2 Å². The molecule has 126 valence electrons. The highest BCUT2D eigenvalue weighted by Crippen LogP contribution is 2.33. The highest BCUT2D eigenvalue weighted by Gasteiger charge is 2.31. The molecule has 0 aliphatic carbocycles. The highest BCUT2D eigenvalue weighted by atomic mass is 16.5. The summed E-state index contributed by atoms with van der Waals surface area (Å²) in [6.45, 7) is 5.47. The van der Waals surface area contributed by atoms with Crippen LogP contribution in [0.25, 0.3) is 0 Å². The molecule has 0 radical (unpaired) electrons. The summed E-state index contributed by atoms with van der Waals surface area (Å²) in [6, 6.07) is 5.46. The van der Waals surface area contributed by atoms with Crippen LogP contribution in [0.5, 0.6) is 0 Å². The molecule has 0 saturated carbocycles. The number of nitrogens with one attached hydrogen (secondary N) is 1. The number of anilines is 1. The molecule has 0 unspecified atom stereocenters. The van der Waals surface area contributed by atoms with E-state index in [1.54, 1.807) is 18.3 Å². The molecular formula is C17H21N5O2. The lowest BCUT2D eigenvalue weighted by atomic mass is 9.91. The normalized spacial score (nSPS) is 16.8. The third kappa shape index (κ3) is 3.54. The summed E-state index contributed by atoms with van der Waals surface area (Å²) in [5.41, 5.74) is 0.498. The Morgan fingerprint density at radius 3 is 2.79 bits per heavy atom. The van der Waals surface area contributed by atoms with Gasteiger partial charge in [0, 0.05) is 25.3 Å². The van der Waals surface area contributed by atoms with Crippen LogP contribution in [0.4, 0.5) is 5.82 Å². The molecular weight excluding hydrogens is 306 g/mol. The average Bonchev–Trinajstić information content (AvgIpc) is 3.11. The van der Waals surface area contributed by atoms with Crippen LogP contribution in [0.1, 0.15) is 55.9 Å². The minimum atomic E-state index is -0.184. The average molecular weight is 327 g/mol. The lowest BCUT2D eigenvalue weighted by Crippen LogP contribution is -2.28. The number of pyridine rings is 1. The first-order valence-corrected chi connectivity index (χ1v) is 8.22. The van der Waals surface area contributed by atoms with Gasteiger partial charge in [0.15, 0.2) is 5.82 Å². The van der Waals surface area contributed by atoms with Crippen molar-refractivity contribution < 1.29 is 9.26 Å². The van der Waals surface area contributed by atoms with Crippen LogP contribution < -0.4 is 5.32 Å². The summed E-state index contributed by atoms with van der Waals surface area (Å²) in [5.74, 6) is 2.25. The minimum absolute atomic E-state index is 0.184. The van der Waals surface area contributed by atoms with E-state index in [1.165, 1.54) is 0 Å². The topological polar surface area (TPSA) is 96.9 Å². The Balaban J connectivity index is 1.90. The summed E-state index contributed by atoms with van der Waals surface area (Å²) in [4.78, 5) is 8.84. The van der Waals surface area contributed by atoms with Gasteiger partial charge in [-0.25, -0.2) is 4.98 Å². The van der Waals surface area contributed by atoms with E-state index in [9.17, 15) is 5.26 Å². The lowest BCUT2D eigenvalue weighted by molar-refractivity contribution is 0.0570. The second-order valence-corrected chi connectivity index (χ2v) is 6.23. The van der Waals surface area contributed by atoms with E-state index in [0.717, 1.165) is 12.8 Å². The Hall–Kier alpha value is -2.46. The van der Waals surface area contributed by atoms with Crippen molar-refractivity contribution >= 4 is 5.82 Å². The zero-order valence-electron chi connectivity index (χ0n) is 13.9. The van der Waals surface area contributed by atoms with Crippen molar-refractivity contribution in [3.05, 3.63) is 35.6 Å². The molecule has 2 aromatic heterocycles. The SMILES string of the molecule is CC(C)c1noc([C@H](Nc2ncccc2C#N)C2CCOCC2)n1. The van der Waals surface area contributed by atoms with Gasteiger partial charge in [0.1, 0.15) is 17.9 Å². The van der Waals surface area contributed by atoms with Gasteiger partial charge in [0.2, 0.25) is 5.89 Å². The Morgan fingerprint density at radius 2 is 2.12 bits per heavy atom. The maximum Gasteiger partial charge on any atom is 0.249 e. The van der Waals surface area contributed by atoms with Crippen LogP contribution >= 0.6 is 0 Å². The molecule has 3 heterocycles. The Bertz CT molecular complexity index is 716. The van der Waals surface area contributed by atoms with Gasteiger partial charge in [-0.05, 0) is 30.9 Å². The van der Waals surface area contributed by atoms with Gasteiger partial charge in [-0.15, -0.1) is 0 Å². The fraction of sp³-hybridized carbons (Fsp3) is 0.529. The lowest BCUT2D eigenvalue weighted by Gasteiger charge is -2.29. The maximum atomic E-state index is 9.29. The largest absolute Gasteiger partial charge is 0.381 e. The molecule has 1 aliphatic heterocycles. The Morgan fingerprint density at radius 1 is 1.33 bits per heavy atom. The zero-order valence-corrected chi connectivity index (χ0v) is 13.9. The van der Waals surface area contributed by atoms with Crippen molar-refractivity contribution in [2.24, 2.45) is 5.92 Å². The second-order valence-electron chi connectivity index (χ2n) is 6.23. The Kier molecular flexibility index (Phi) is 5.06. The summed E-state index contributed by atoms with van der Waals surface area (Å²) in [7, 11) is 0. The summed E-state index contributed by atoms with van der Waals surface area (Å²) in [5, 5.41) is 16.7. The second kappa shape index (κ2) is 7.41. The summed E-state index contributed by atoms with van der Waals surface area (Å²) >= 11 is 0. The van der Waals surface area contributed by atoms with Gasteiger partial charge in [0.05, 0.1) is 5.56 Å². The van der Waals surface area contributed by atoms with E-state index in [4.69, 9.17) is 9.26 Å². The first kappa shape index (κ1) is 16.4. The molecule has 0 aromatic carbocycles. The van der Waals surface area contributed by atoms with Gasteiger partial charge in [-0.1, -0.05) is 19.0 Å². The fourth-order valence-corrected chi connectivity index (χ4v) is 2.80. The number of nitrogens with zero attached hydrogens (tertiary/aromatic N) is 4. The summed E-state index contributed by atoms with van der Waals surface area (Å²) in [6.07, 6.45) is 3.45. The van der Waals surface area contributed by atoms with Crippen molar-refractivity contribution in [1.82, 2.24) is 15.1 Å². The molecule has 1 atom stereocenters. The van der Waals surface area contributed by atoms with Crippen LogP contribution in [0.3, 0.4) is 0 Å². The summed E-state index contributed by atoms with van der Waals surface area (Å²) < 4.78 is 11.0. The van der Waals surface area contributed by atoms with Crippen molar-refractivity contribution in [2.45, 2.75) is 38.6 Å². The monoisotopic (exact) mass is 327 g/mol. The van der Waals surface area contributed by atoms with Gasteiger partial charge < -0.3 is 14.6 Å². The molecule has 1 saturated heterocycles. The van der Waals surface area contributed by atoms with Crippen molar-refractivity contribution in [1.29, 1.82) is 5.26 Å². The smallest absolute Gasteiger partial charge is 0.249 e. The first-order valence-electron chi connectivity index (χ1n) is 8.22. The van der Waals surface area contributed by atoms with Gasteiger partial charge in [-0.3, -0.25) is 0 Å². The molecule has 7 heteroatoms. The molecule has 0 bridgehead atoms. The standard InChI is InChI=1S/C17H21N5O2/c1-11(2)15-21-17(24-22-15)14(12-5-8-23-9-6-12)20-16-13(10-18)4-3-7-19-16/h3-4,7,11-12,14H,5-6,8-9H2,1-2H3,(H,19,20)/t14-/m1/s1. The number of hydrogen-bond donors (Lipinski definition) is 1. The van der Waals surface area contributed by atoms with Gasteiger partial charge in [-0.2, -0.15) is 10.2 Å². The predicted molar refractivity (Wildman–Crippen MR) is 87.2 cm³/mol. The molecule has 2 aromatic rings. The molecule has 0 amide bonds. The van der Waals surface area contributed by atoms with Crippen LogP contribution in [0.15, 0.2) is 22.9 Å². The quantitative estimate of drug-likeness (QED) is 0.901. The Labute approximate surface area is 141 Å². The van der Waals surface area contributed by atoms with Crippen molar-refractivity contribution in [2.75, 3.05) is 18.5 Å². The maximum absolute atomic E-state index is 9.29. The number of rotatable bonds is 5. The molecule has 1 aliphatic rings. The van der Waals surface area contributed by atoms with Gasteiger partial charge >= 0.3 is 0 Å². The number of nitriles is 1. The molecule has 7 nitrogen and oxygen atoms in total. The molecule has 1 N–H and O–H groups in total. The van der Waals surface area contributed by atoms with Crippen LogP contribution in [-0.4, -0.2) is 28.3 Å². The molecule has 3 rings (SSSR count). The van der Waals surface area contributed by atoms with E-state index in [-0.39, 0.29) is 17.9 Å². The highest BCUT2D eigenvalue weighted by molar-refractivity contribution is 5.52. The van der Waals surface area contributed by atoms with Crippen molar-refractivity contribution in [3.63, 3.8) is 0 Å². The third-order valence-electron chi connectivity index (χ3n) is 4.20. The number of aromatic nitrogens is 3. The fourth-order valence-electron chi connectivity index (χ4n) is 2.80. The predicted octanol–water partition coefficient (Wildman–Crippen LogP) is 3.04. The van der Waals surface area contributed by atoms with Crippen LogP contribution in [0.2, 0.25) is 0 Å². The molecule has 24 heavy (non-hydrogen) atoms. The number of hydrogen-bond acceptors (Lipinski definition) is 7.